The summed E-state index contributed by atoms with van der Waals surface area (Å²) in [6, 6.07) is 0.399. The lowest BCUT2D eigenvalue weighted by atomic mass is 9.52. The number of piperidine rings is 1. The highest BCUT2D eigenvalue weighted by Gasteiger charge is 2.57. The van der Waals surface area contributed by atoms with Crippen LogP contribution in [0.5, 0.6) is 0 Å². The number of urea groups is 1. The molecule has 24 heavy (non-hydrogen) atoms. The van der Waals surface area contributed by atoms with Crippen molar-refractivity contribution in [2.75, 3.05) is 13.1 Å². The molecule has 5 aliphatic rings. The molecule has 3 atom stereocenters. The average molecular weight is 334 g/mol. The molecule has 0 radical (unpaired) electrons. The van der Waals surface area contributed by atoms with Crippen molar-refractivity contribution >= 4 is 12.0 Å². The second kappa shape index (κ2) is 5.92. The van der Waals surface area contributed by atoms with E-state index in [2.05, 4.69) is 12.2 Å². The molecule has 4 saturated carbocycles. The van der Waals surface area contributed by atoms with Crippen LogP contribution in [0.4, 0.5) is 4.79 Å². The van der Waals surface area contributed by atoms with Crippen LogP contribution in [-0.2, 0) is 9.53 Å². The summed E-state index contributed by atoms with van der Waals surface area (Å²) in [5, 5.41) is 3.37. The van der Waals surface area contributed by atoms with Crippen molar-refractivity contribution in [2.45, 2.75) is 70.4 Å². The molecular weight excluding hydrogens is 304 g/mol. The molecule has 0 aromatic heterocycles. The third-order valence-corrected chi connectivity index (χ3v) is 6.81. The first-order valence-corrected chi connectivity index (χ1v) is 9.69. The largest absolute Gasteiger partial charge is 0.459 e. The smallest absolute Gasteiger partial charge is 0.317 e. The van der Waals surface area contributed by atoms with Crippen molar-refractivity contribution in [3.8, 4) is 0 Å². The maximum atomic E-state index is 12.7. The van der Waals surface area contributed by atoms with E-state index in [1.807, 2.05) is 4.90 Å². The molecule has 134 valence electrons. The summed E-state index contributed by atoms with van der Waals surface area (Å²) in [7, 11) is 0. The zero-order valence-electron chi connectivity index (χ0n) is 14.9. The summed E-state index contributed by atoms with van der Waals surface area (Å²) in [6.45, 7) is 5.52. The highest BCUT2D eigenvalue weighted by atomic mass is 16.6. The first kappa shape index (κ1) is 16.2. The molecule has 4 bridgehead atoms. The van der Waals surface area contributed by atoms with Crippen molar-refractivity contribution < 1.29 is 14.3 Å². The third kappa shape index (κ3) is 2.91. The molecule has 1 saturated heterocycles. The van der Waals surface area contributed by atoms with E-state index in [-0.39, 0.29) is 23.6 Å². The van der Waals surface area contributed by atoms with Gasteiger partial charge in [-0.2, -0.15) is 0 Å². The van der Waals surface area contributed by atoms with Crippen LogP contribution in [0.3, 0.4) is 0 Å². The molecule has 1 aliphatic heterocycles. The Balaban J connectivity index is 1.43. The molecule has 3 unspecified atom stereocenters. The second-order valence-corrected chi connectivity index (χ2v) is 8.92. The summed E-state index contributed by atoms with van der Waals surface area (Å²) < 4.78 is 5.77. The fourth-order valence-corrected chi connectivity index (χ4v) is 6.22. The number of ether oxygens (including phenoxy) is 1. The summed E-state index contributed by atoms with van der Waals surface area (Å²) in [4.78, 5) is 26.3. The molecule has 1 N–H and O–H groups in total. The minimum Gasteiger partial charge on any atom is -0.459 e. The molecule has 0 spiro atoms. The molecule has 5 fully saturated rings. The van der Waals surface area contributed by atoms with Crippen LogP contribution in [0.15, 0.2) is 0 Å². The minimum absolute atomic E-state index is 0.126. The lowest BCUT2D eigenvalue weighted by Crippen LogP contribution is -2.64. The Morgan fingerprint density at radius 1 is 1.17 bits per heavy atom. The van der Waals surface area contributed by atoms with Gasteiger partial charge in [-0.15, -0.1) is 0 Å². The van der Waals surface area contributed by atoms with Gasteiger partial charge in [0, 0.05) is 26.1 Å². The monoisotopic (exact) mass is 334 g/mol. The normalized spacial score (nSPS) is 43.6. The quantitative estimate of drug-likeness (QED) is 0.790. The Morgan fingerprint density at radius 2 is 1.88 bits per heavy atom. The van der Waals surface area contributed by atoms with Crippen LogP contribution in [0.25, 0.3) is 0 Å². The molecule has 0 aromatic rings. The minimum atomic E-state index is -0.233. The van der Waals surface area contributed by atoms with E-state index in [4.69, 9.17) is 4.74 Å². The number of carbonyl (C=O) groups excluding carboxylic acids is 2. The van der Waals surface area contributed by atoms with Gasteiger partial charge in [-0.25, -0.2) is 4.79 Å². The van der Waals surface area contributed by atoms with Crippen molar-refractivity contribution in [1.29, 1.82) is 0 Å². The Labute approximate surface area is 144 Å². The number of nitrogens with zero attached hydrogens (tertiary/aromatic N) is 1. The van der Waals surface area contributed by atoms with Crippen LogP contribution in [0, 0.1) is 23.7 Å². The topological polar surface area (TPSA) is 58.6 Å². The molecular formula is C19H30N2O3. The summed E-state index contributed by atoms with van der Waals surface area (Å²) >= 11 is 0. The number of hydrogen-bond acceptors (Lipinski definition) is 3. The zero-order chi connectivity index (χ0) is 16.9. The van der Waals surface area contributed by atoms with E-state index in [1.165, 1.54) is 26.2 Å². The van der Waals surface area contributed by atoms with Gasteiger partial charge in [-0.1, -0.05) is 6.92 Å². The first-order chi connectivity index (χ1) is 11.4. The molecule has 5 rings (SSSR count). The van der Waals surface area contributed by atoms with Gasteiger partial charge in [0.15, 0.2) is 0 Å². The van der Waals surface area contributed by atoms with Crippen molar-refractivity contribution in [3.05, 3.63) is 0 Å². The zero-order valence-corrected chi connectivity index (χ0v) is 14.9. The average Bonchev–Trinajstić information content (AvgIpc) is 2.48. The van der Waals surface area contributed by atoms with E-state index in [9.17, 15) is 9.59 Å². The Bertz CT molecular complexity index is 519. The van der Waals surface area contributed by atoms with Crippen LogP contribution in [-0.4, -0.2) is 41.6 Å². The van der Waals surface area contributed by atoms with E-state index >= 15 is 0 Å². The number of likely N-dealkylation sites (tertiary alicyclic amines) is 1. The van der Waals surface area contributed by atoms with Crippen molar-refractivity contribution in [2.24, 2.45) is 23.7 Å². The van der Waals surface area contributed by atoms with Crippen LogP contribution in [0.2, 0.25) is 0 Å². The van der Waals surface area contributed by atoms with Gasteiger partial charge >= 0.3 is 12.0 Å². The van der Waals surface area contributed by atoms with E-state index in [1.54, 1.807) is 0 Å². The molecule has 4 aliphatic carbocycles. The third-order valence-electron chi connectivity index (χ3n) is 6.81. The van der Waals surface area contributed by atoms with E-state index in [0.717, 1.165) is 38.8 Å². The fraction of sp³-hybridized carbons (Fsp3) is 0.895. The Hall–Kier alpha value is -1.26. The van der Waals surface area contributed by atoms with Crippen LogP contribution < -0.4 is 5.32 Å². The van der Waals surface area contributed by atoms with Gasteiger partial charge in [0.25, 0.3) is 0 Å². The molecule has 2 amide bonds. The van der Waals surface area contributed by atoms with Gasteiger partial charge in [0.05, 0.1) is 0 Å². The number of amides is 2. The predicted octanol–water partition coefficient (Wildman–Crippen LogP) is 2.94. The summed E-state index contributed by atoms with van der Waals surface area (Å²) in [5.74, 6) is 2.07. The van der Waals surface area contributed by atoms with Crippen LogP contribution >= 0.6 is 0 Å². The van der Waals surface area contributed by atoms with Gasteiger partial charge < -0.3 is 15.0 Å². The predicted molar refractivity (Wildman–Crippen MR) is 90.3 cm³/mol. The second-order valence-electron chi connectivity index (χ2n) is 8.92. The lowest BCUT2D eigenvalue weighted by Gasteiger charge is -2.59. The molecule has 5 nitrogen and oxygen atoms in total. The maximum absolute atomic E-state index is 12.7. The Kier molecular flexibility index (Phi) is 4.00. The van der Waals surface area contributed by atoms with Crippen LogP contribution in [0.1, 0.15) is 58.8 Å². The highest BCUT2D eigenvalue weighted by molar-refractivity contribution is 5.74. The highest BCUT2D eigenvalue weighted by Crippen LogP contribution is 2.57. The molecule has 0 aromatic carbocycles. The number of rotatable bonds is 2. The lowest BCUT2D eigenvalue weighted by molar-refractivity contribution is -0.188. The van der Waals surface area contributed by atoms with E-state index < -0.39 is 0 Å². The molecule has 5 heteroatoms. The first-order valence-electron chi connectivity index (χ1n) is 9.69. The van der Waals surface area contributed by atoms with Crippen molar-refractivity contribution in [3.63, 3.8) is 0 Å². The summed E-state index contributed by atoms with van der Waals surface area (Å²) in [5.41, 5.74) is -0.233. The van der Waals surface area contributed by atoms with Gasteiger partial charge in [-0.05, 0) is 68.6 Å². The van der Waals surface area contributed by atoms with Gasteiger partial charge in [-0.3, -0.25) is 4.79 Å². The summed E-state index contributed by atoms with van der Waals surface area (Å²) in [6.07, 6.45) is 7.60. The maximum Gasteiger partial charge on any atom is 0.317 e. The van der Waals surface area contributed by atoms with Gasteiger partial charge in [0.2, 0.25) is 0 Å². The van der Waals surface area contributed by atoms with Crippen molar-refractivity contribution in [1.82, 2.24) is 10.2 Å². The number of esters is 1. The van der Waals surface area contributed by atoms with E-state index in [0.29, 0.717) is 23.7 Å². The number of hydrogen-bond donors (Lipinski definition) is 1. The number of carbonyl (C=O) groups is 2. The SMILES string of the molecule is CC(=O)OC12CC3CC(C1)C(NC(=O)N1CCCC(C)C1)C(C3)C2. The van der Waals surface area contributed by atoms with Gasteiger partial charge in [0.1, 0.15) is 5.60 Å². The Morgan fingerprint density at radius 3 is 2.50 bits per heavy atom. The molecule has 1 heterocycles. The fourth-order valence-electron chi connectivity index (χ4n) is 6.22. The standard InChI is InChI=1S/C19H30N2O3/c1-12-4-3-5-21(11-12)18(23)20-17-15-6-14-7-16(17)10-19(8-14,9-15)24-13(2)22/h12,14-17H,3-11H2,1-2H3,(H,20,23). The number of nitrogens with one attached hydrogen (secondary N) is 1.